The summed E-state index contributed by atoms with van der Waals surface area (Å²) in [6.07, 6.45) is 0. The molecule has 0 aliphatic rings. The topological polar surface area (TPSA) is 34.4 Å². The van der Waals surface area contributed by atoms with Crippen LogP contribution in [0.5, 0.6) is 0 Å². The fourth-order valence-corrected chi connectivity index (χ4v) is 3.94. The van der Waals surface area contributed by atoms with E-state index >= 15 is 0 Å². The summed E-state index contributed by atoms with van der Waals surface area (Å²) in [4.78, 5) is 0. The molecule has 2 heterocycles. The maximum Gasteiger partial charge on any atom is 0.309 e. The molecule has 5 heteroatoms. The molecule has 2 aromatic carbocycles. The molecule has 0 saturated heterocycles. The summed E-state index contributed by atoms with van der Waals surface area (Å²) in [5.74, 6) is 0. The maximum atomic E-state index is 10.3. The number of hydrogen-bond donors (Lipinski definition) is 1. The minimum atomic E-state index is -0.914. The van der Waals surface area contributed by atoms with Crippen LogP contribution in [0.2, 0.25) is 0 Å². The summed E-state index contributed by atoms with van der Waals surface area (Å²) in [7, 11) is 0.457. The highest BCUT2D eigenvalue weighted by Crippen LogP contribution is 2.33. The van der Waals surface area contributed by atoms with Crippen LogP contribution in [0.15, 0.2) is 60.0 Å². The van der Waals surface area contributed by atoms with Gasteiger partial charge in [0.2, 0.25) is 0 Å². The van der Waals surface area contributed by atoms with E-state index < -0.39 is 11.2 Å². The van der Waals surface area contributed by atoms with Gasteiger partial charge in [-0.25, -0.2) is 0 Å². The Morgan fingerprint density at radius 3 is 2.37 bits per heavy atom. The standard InChI is InChI=1S/C22H24BNO2S/c1-21(2,25)22(3,4)26-23-15-11-12-17-16-8-5-6-9-18(16)24(19(17)14-15)20-10-7-13-27-20/h5-14,23,25H,1-4H3. The van der Waals surface area contributed by atoms with Crippen LogP contribution >= 0.6 is 11.3 Å². The van der Waals surface area contributed by atoms with E-state index in [-0.39, 0.29) is 0 Å². The van der Waals surface area contributed by atoms with Crippen LogP contribution in [0, 0.1) is 0 Å². The van der Waals surface area contributed by atoms with Crippen LogP contribution in [0.25, 0.3) is 26.8 Å². The minimum Gasteiger partial charge on any atom is -0.427 e. The second-order valence-corrected chi connectivity index (χ2v) is 8.94. The maximum absolute atomic E-state index is 10.3. The number of thiophene rings is 1. The molecule has 3 nitrogen and oxygen atoms in total. The van der Waals surface area contributed by atoms with Crippen molar-refractivity contribution in [2.24, 2.45) is 0 Å². The molecule has 2 aromatic heterocycles. The van der Waals surface area contributed by atoms with Gasteiger partial charge in [0, 0.05) is 10.8 Å². The molecule has 1 N–H and O–H groups in total. The second-order valence-electron chi connectivity index (χ2n) is 8.01. The van der Waals surface area contributed by atoms with Gasteiger partial charge in [0.25, 0.3) is 0 Å². The average Bonchev–Trinajstić information content (AvgIpc) is 3.24. The molecule has 0 saturated carbocycles. The predicted octanol–water partition coefficient (Wildman–Crippen LogP) is 4.39. The van der Waals surface area contributed by atoms with Gasteiger partial charge in [-0.15, -0.1) is 11.3 Å². The Labute approximate surface area is 164 Å². The van der Waals surface area contributed by atoms with Crippen molar-refractivity contribution in [3.63, 3.8) is 0 Å². The van der Waals surface area contributed by atoms with Gasteiger partial charge in [-0.05, 0) is 57.3 Å². The van der Waals surface area contributed by atoms with Crippen molar-refractivity contribution in [2.45, 2.75) is 38.9 Å². The van der Waals surface area contributed by atoms with E-state index in [0.717, 1.165) is 5.46 Å². The molecule has 4 aromatic rings. The van der Waals surface area contributed by atoms with E-state index in [2.05, 4.69) is 64.5 Å². The SMILES string of the molecule is CC(C)(O)C(C)(C)OBc1ccc2c3ccccc3n(-c3cccs3)c2c1. The summed E-state index contributed by atoms with van der Waals surface area (Å²) in [5, 5.41) is 16.1. The van der Waals surface area contributed by atoms with Crippen LogP contribution in [0.4, 0.5) is 0 Å². The first-order valence-electron chi connectivity index (χ1n) is 9.20. The van der Waals surface area contributed by atoms with E-state index in [4.69, 9.17) is 4.65 Å². The van der Waals surface area contributed by atoms with Gasteiger partial charge in [0.1, 0.15) is 0 Å². The highest BCUT2D eigenvalue weighted by molar-refractivity contribution is 7.12. The summed E-state index contributed by atoms with van der Waals surface area (Å²) in [6, 6.07) is 19.3. The zero-order valence-corrected chi connectivity index (χ0v) is 17.0. The van der Waals surface area contributed by atoms with Gasteiger partial charge in [-0.2, -0.15) is 0 Å². The molecule has 0 amide bonds. The first kappa shape index (κ1) is 18.3. The van der Waals surface area contributed by atoms with E-state index in [1.165, 1.54) is 26.8 Å². The van der Waals surface area contributed by atoms with Gasteiger partial charge in [-0.1, -0.05) is 35.8 Å². The molecule has 0 spiro atoms. The number of fused-ring (bicyclic) bond motifs is 3. The normalized spacial score (nSPS) is 12.8. The molecule has 0 unspecified atom stereocenters. The molecular weight excluding hydrogens is 353 g/mol. The third-order valence-corrected chi connectivity index (χ3v) is 6.39. The fourth-order valence-electron chi connectivity index (χ4n) is 3.18. The lowest BCUT2D eigenvalue weighted by molar-refractivity contribution is -0.0893. The number of para-hydroxylation sites is 1. The first-order chi connectivity index (χ1) is 12.8. The van der Waals surface area contributed by atoms with Crippen molar-refractivity contribution in [1.82, 2.24) is 4.57 Å². The van der Waals surface area contributed by atoms with Crippen molar-refractivity contribution in [1.29, 1.82) is 0 Å². The summed E-state index contributed by atoms with van der Waals surface area (Å²) >= 11 is 1.74. The summed E-state index contributed by atoms with van der Waals surface area (Å²) in [5.41, 5.74) is 1.94. The average molecular weight is 377 g/mol. The molecule has 0 fully saturated rings. The van der Waals surface area contributed by atoms with Crippen LogP contribution in [0.1, 0.15) is 27.7 Å². The highest BCUT2D eigenvalue weighted by Gasteiger charge is 2.35. The van der Waals surface area contributed by atoms with E-state index in [0.29, 0.717) is 7.48 Å². The van der Waals surface area contributed by atoms with Crippen LogP contribution in [-0.4, -0.2) is 28.4 Å². The Hall–Kier alpha value is -2.08. The predicted molar refractivity (Wildman–Crippen MR) is 117 cm³/mol. The molecule has 138 valence electrons. The van der Waals surface area contributed by atoms with Gasteiger partial charge in [0.15, 0.2) is 0 Å². The Morgan fingerprint density at radius 2 is 1.67 bits per heavy atom. The Morgan fingerprint density at radius 1 is 0.926 bits per heavy atom. The molecule has 0 radical (unpaired) electrons. The Bertz CT molecular complexity index is 1090. The van der Waals surface area contributed by atoms with Crippen molar-refractivity contribution in [2.75, 3.05) is 0 Å². The van der Waals surface area contributed by atoms with Crippen LogP contribution in [-0.2, 0) is 4.65 Å². The molecule has 27 heavy (non-hydrogen) atoms. The number of benzene rings is 2. The van der Waals surface area contributed by atoms with Crippen molar-refractivity contribution < 1.29 is 9.76 Å². The van der Waals surface area contributed by atoms with Crippen LogP contribution in [0.3, 0.4) is 0 Å². The largest absolute Gasteiger partial charge is 0.427 e. The molecule has 4 rings (SSSR count). The number of hydrogen-bond acceptors (Lipinski definition) is 3. The number of rotatable bonds is 5. The number of aromatic nitrogens is 1. The Balaban J connectivity index is 1.80. The zero-order valence-electron chi connectivity index (χ0n) is 16.2. The Kier molecular flexibility index (Phi) is 4.42. The van der Waals surface area contributed by atoms with E-state index in [9.17, 15) is 5.11 Å². The van der Waals surface area contributed by atoms with Crippen molar-refractivity contribution in [3.05, 3.63) is 60.0 Å². The number of aliphatic hydroxyl groups is 1. The lowest BCUT2D eigenvalue weighted by Crippen LogP contribution is -2.49. The minimum absolute atomic E-state index is 0.457. The molecule has 0 aliphatic carbocycles. The monoisotopic (exact) mass is 377 g/mol. The quantitative estimate of drug-likeness (QED) is 0.524. The third-order valence-electron chi connectivity index (χ3n) is 5.54. The van der Waals surface area contributed by atoms with Gasteiger partial charge >= 0.3 is 7.48 Å². The third kappa shape index (κ3) is 3.20. The van der Waals surface area contributed by atoms with Crippen molar-refractivity contribution in [3.8, 4) is 5.00 Å². The zero-order chi connectivity index (χ0) is 19.2. The van der Waals surface area contributed by atoms with Crippen LogP contribution < -0.4 is 5.46 Å². The smallest absolute Gasteiger partial charge is 0.309 e. The van der Waals surface area contributed by atoms with Gasteiger partial charge in [-0.3, -0.25) is 0 Å². The number of nitrogens with zero attached hydrogens (tertiary/aromatic N) is 1. The summed E-state index contributed by atoms with van der Waals surface area (Å²) < 4.78 is 8.40. The fraction of sp³-hybridized carbons (Fsp3) is 0.273. The molecule has 0 aliphatic heterocycles. The van der Waals surface area contributed by atoms with Gasteiger partial charge < -0.3 is 14.3 Å². The lowest BCUT2D eigenvalue weighted by Gasteiger charge is -2.37. The van der Waals surface area contributed by atoms with Gasteiger partial charge in [0.05, 0.1) is 27.2 Å². The summed E-state index contributed by atoms with van der Waals surface area (Å²) in [6.45, 7) is 7.41. The highest BCUT2D eigenvalue weighted by atomic mass is 32.1. The van der Waals surface area contributed by atoms with E-state index in [1.807, 2.05) is 13.8 Å². The molecule has 0 atom stereocenters. The van der Waals surface area contributed by atoms with E-state index in [1.54, 1.807) is 25.2 Å². The van der Waals surface area contributed by atoms with Crippen molar-refractivity contribution >= 4 is 46.1 Å². The molecular formula is C22H24BNO2S. The second kappa shape index (κ2) is 6.52. The molecule has 0 bridgehead atoms. The first-order valence-corrected chi connectivity index (χ1v) is 10.1. The lowest BCUT2D eigenvalue weighted by atomic mass is 9.82.